The zero-order chi connectivity index (χ0) is 16.7. The van der Waals surface area contributed by atoms with Crippen molar-refractivity contribution in [2.45, 2.75) is 13.3 Å². The first-order valence-corrected chi connectivity index (χ1v) is 7.64. The zero-order valence-electron chi connectivity index (χ0n) is 13.8. The zero-order valence-corrected chi connectivity index (χ0v) is 13.8. The van der Waals surface area contributed by atoms with E-state index in [-0.39, 0.29) is 5.91 Å². The highest BCUT2D eigenvalue weighted by atomic mass is 16.1. The lowest BCUT2D eigenvalue weighted by molar-refractivity contribution is 0.102. The Morgan fingerprint density at radius 2 is 1.96 bits per heavy atom. The number of nitrogens with zero attached hydrogens (tertiary/aromatic N) is 3. The molecule has 6 nitrogen and oxygen atoms in total. The van der Waals surface area contributed by atoms with Gasteiger partial charge in [0, 0.05) is 12.2 Å². The van der Waals surface area contributed by atoms with Gasteiger partial charge in [0.2, 0.25) is 0 Å². The second-order valence-corrected chi connectivity index (χ2v) is 5.64. The van der Waals surface area contributed by atoms with Crippen LogP contribution in [0.3, 0.4) is 0 Å². The molecule has 1 amide bonds. The van der Waals surface area contributed by atoms with E-state index < -0.39 is 0 Å². The highest BCUT2D eigenvalue weighted by molar-refractivity contribution is 6.03. The minimum absolute atomic E-state index is 0.258. The molecule has 6 heteroatoms. The molecule has 0 saturated carbocycles. The van der Waals surface area contributed by atoms with Crippen LogP contribution < -0.4 is 10.6 Å². The molecule has 0 atom stereocenters. The fourth-order valence-corrected chi connectivity index (χ4v) is 2.05. The van der Waals surface area contributed by atoms with Crippen molar-refractivity contribution in [2.24, 2.45) is 0 Å². The van der Waals surface area contributed by atoms with Crippen LogP contribution in [0.25, 0.3) is 0 Å². The monoisotopic (exact) mass is 313 g/mol. The molecule has 1 aromatic carbocycles. The van der Waals surface area contributed by atoms with Gasteiger partial charge < -0.3 is 15.5 Å². The number of hydrogen-bond acceptors (Lipinski definition) is 5. The van der Waals surface area contributed by atoms with Crippen molar-refractivity contribution in [3.8, 4) is 0 Å². The quantitative estimate of drug-likeness (QED) is 0.768. The van der Waals surface area contributed by atoms with E-state index >= 15 is 0 Å². The minimum atomic E-state index is -0.258. The SMILES string of the molecule is Cc1ccccc1NC(=O)c1cnc(NCCCN(C)C)cn1. The highest BCUT2D eigenvalue weighted by Crippen LogP contribution is 2.14. The van der Waals surface area contributed by atoms with Crippen LogP contribution in [0.15, 0.2) is 36.7 Å². The van der Waals surface area contributed by atoms with E-state index in [1.54, 1.807) is 6.20 Å². The Morgan fingerprint density at radius 3 is 2.61 bits per heavy atom. The fraction of sp³-hybridized carbons (Fsp3) is 0.353. The van der Waals surface area contributed by atoms with E-state index in [1.165, 1.54) is 6.20 Å². The third-order valence-corrected chi connectivity index (χ3v) is 3.37. The van der Waals surface area contributed by atoms with Gasteiger partial charge in [-0.05, 0) is 45.6 Å². The lowest BCUT2D eigenvalue weighted by Gasteiger charge is -2.10. The topological polar surface area (TPSA) is 70.2 Å². The van der Waals surface area contributed by atoms with E-state index in [2.05, 4.69) is 25.5 Å². The van der Waals surface area contributed by atoms with Crippen LogP contribution in [-0.2, 0) is 0 Å². The molecule has 0 aliphatic carbocycles. The molecule has 0 aliphatic rings. The van der Waals surface area contributed by atoms with Gasteiger partial charge in [0.05, 0.1) is 12.4 Å². The summed E-state index contributed by atoms with van der Waals surface area (Å²) in [6.07, 6.45) is 4.09. The summed E-state index contributed by atoms with van der Waals surface area (Å²) in [6.45, 7) is 3.78. The average molecular weight is 313 g/mol. The van der Waals surface area contributed by atoms with Gasteiger partial charge in [-0.15, -0.1) is 0 Å². The van der Waals surface area contributed by atoms with Crippen LogP contribution in [0.5, 0.6) is 0 Å². The molecule has 23 heavy (non-hydrogen) atoms. The first-order valence-electron chi connectivity index (χ1n) is 7.64. The maximum atomic E-state index is 12.2. The minimum Gasteiger partial charge on any atom is -0.369 e. The van der Waals surface area contributed by atoms with Crippen molar-refractivity contribution < 1.29 is 4.79 Å². The number of anilines is 2. The van der Waals surface area contributed by atoms with E-state index in [1.807, 2.05) is 45.3 Å². The number of amides is 1. The van der Waals surface area contributed by atoms with Crippen LogP contribution in [-0.4, -0.2) is 48.0 Å². The van der Waals surface area contributed by atoms with Crippen molar-refractivity contribution >= 4 is 17.4 Å². The number of nitrogens with one attached hydrogen (secondary N) is 2. The summed E-state index contributed by atoms with van der Waals surface area (Å²) in [6, 6.07) is 7.62. The summed E-state index contributed by atoms with van der Waals surface area (Å²) in [5, 5.41) is 6.04. The fourth-order valence-electron chi connectivity index (χ4n) is 2.05. The molecule has 0 unspecified atom stereocenters. The standard InChI is InChI=1S/C17H23N5O/c1-13-7-4-5-8-14(13)21-17(23)15-11-20-16(12-19-15)18-9-6-10-22(2)3/h4-5,7-8,11-12H,6,9-10H2,1-3H3,(H,18,20)(H,21,23). The molecule has 2 aromatic rings. The number of carbonyl (C=O) groups excluding carboxylic acids is 1. The Morgan fingerprint density at radius 1 is 1.17 bits per heavy atom. The second-order valence-electron chi connectivity index (χ2n) is 5.64. The van der Waals surface area contributed by atoms with Gasteiger partial charge in [-0.25, -0.2) is 9.97 Å². The first kappa shape index (κ1) is 16.9. The van der Waals surface area contributed by atoms with Crippen LogP contribution in [0.4, 0.5) is 11.5 Å². The molecule has 1 heterocycles. The van der Waals surface area contributed by atoms with Crippen LogP contribution in [0, 0.1) is 6.92 Å². The van der Waals surface area contributed by atoms with E-state index in [0.29, 0.717) is 11.5 Å². The normalized spacial score (nSPS) is 10.6. The van der Waals surface area contributed by atoms with Crippen molar-refractivity contribution in [1.82, 2.24) is 14.9 Å². The number of para-hydroxylation sites is 1. The molecule has 2 rings (SSSR count). The summed E-state index contributed by atoms with van der Waals surface area (Å²) in [5.41, 5.74) is 2.09. The van der Waals surface area contributed by atoms with Crippen molar-refractivity contribution in [3.63, 3.8) is 0 Å². The summed E-state index contributed by atoms with van der Waals surface area (Å²) < 4.78 is 0. The predicted molar refractivity (Wildman–Crippen MR) is 92.8 cm³/mol. The Kier molecular flexibility index (Phi) is 6.05. The molecule has 0 spiro atoms. The van der Waals surface area contributed by atoms with Gasteiger partial charge in [0.1, 0.15) is 11.5 Å². The van der Waals surface area contributed by atoms with Crippen LogP contribution in [0.2, 0.25) is 0 Å². The molecule has 2 N–H and O–H groups in total. The summed E-state index contributed by atoms with van der Waals surface area (Å²) in [7, 11) is 4.09. The lowest BCUT2D eigenvalue weighted by Crippen LogP contribution is -2.17. The Labute approximate surface area is 137 Å². The molecule has 0 fully saturated rings. The predicted octanol–water partition coefficient (Wildman–Crippen LogP) is 2.40. The van der Waals surface area contributed by atoms with Gasteiger partial charge >= 0.3 is 0 Å². The number of rotatable bonds is 7. The summed E-state index contributed by atoms with van der Waals surface area (Å²) >= 11 is 0. The number of carbonyl (C=O) groups is 1. The third-order valence-electron chi connectivity index (χ3n) is 3.37. The summed E-state index contributed by atoms with van der Waals surface area (Å²) in [4.78, 5) is 22.7. The highest BCUT2D eigenvalue weighted by Gasteiger charge is 2.09. The van der Waals surface area contributed by atoms with E-state index in [4.69, 9.17) is 0 Å². The third kappa shape index (κ3) is 5.34. The molecule has 0 aliphatic heterocycles. The Hall–Kier alpha value is -2.47. The Bertz CT molecular complexity index is 640. The summed E-state index contributed by atoms with van der Waals surface area (Å²) in [5.74, 6) is 0.419. The molecule has 0 radical (unpaired) electrons. The van der Waals surface area contributed by atoms with Crippen molar-refractivity contribution in [2.75, 3.05) is 37.8 Å². The largest absolute Gasteiger partial charge is 0.369 e. The van der Waals surface area contributed by atoms with Crippen molar-refractivity contribution in [3.05, 3.63) is 47.9 Å². The Balaban J connectivity index is 1.89. The lowest BCUT2D eigenvalue weighted by atomic mass is 10.2. The van der Waals surface area contributed by atoms with E-state index in [9.17, 15) is 4.79 Å². The molecule has 0 saturated heterocycles. The molecular formula is C17H23N5O. The van der Waals surface area contributed by atoms with Crippen LogP contribution in [0.1, 0.15) is 22.5 Å². The van der Waals surface area contributed by atoms with E-state index in [0.717, 1.165) is 30.8 Å². The van der Waals surface area contributed by atoms with Gasteiger partial charge in [0.15, 0.2) is 0 Å². The van der Waals surface area contributed by atoms with Gasteiger partial charge in [-0.1, -0.05) is 18.2 Å². The van der Waals surface area contributed by atoms with Crippen LogP contribution >= 0.6 is 0 Å². The van der Waals surface area contributed by atoms with Gasteiger partial charge in [-0.2, -0.15) is 0 Å². The van der Waals surface area contributed by atoms with Crippen molar-refractivity contribution in [1.29, 1.82) is 0 Å². The second kappa shape index (κ2) is 8.24. The number of benzene rings is 1. The smallest absolute Gasteiger partial charge is 0.275 e. The molecule has 0 bridgehead atoms. The molecular weight excluding hydrogens is 290 g/mol. The average Bonchev–Trinajstić information content (AvgIpc) is 2.54. The number of aromatic nitrogens is 2. The number of aryl methyl sites for hydroxylation is 1. The molecule has 122 valence electrons. The van der Waals surface area contributed by atoms with Gasteiger partial charge in [-0.3, -0.25) is 4.79 Å². The first-order chi connectivity index (χ1) is 11.1. The maximum absolute atomic E-state index is 12.2. The maximum Gasteiger partial charge on any atom is 0.275 e. The number of hydrogen-bond donors (Lipinski definition) is 2. The van der Waals surface area contributed by atoms with Gasteiger partial charge in [0.25, 0.3) is 5.91 Å². The molecule has 1 aromatic heterocycles.